The van der Waals surface area contributed by atoms with E-state index in [1.807, 2.05) is 19.1 Å². The molecule has 4 heteroatoms. The number of benzene rings is 1. The minimum atomic E-state index is 0.572. The summed E-state index contributed by atoms with van der Waals surface area (Å²) >= 11 is 0. The van der Waals surface area contributed by atoms with Crippen molar-refractivity contribution in [3.8, 4) is 17.7 Å². The quantitative estimate of drug-likeness (QED) is 0.574. The van der Waals surface area contributed by atoms with Crippen molar-refractivity contribution in [1.82, 2.24) is 4.90 Å². The summed E-state index contributed by atoms with van der Waals surface area (Å²) in [5.74, 6) is 1.40. The SMILES string of the molecule is COc1cc(C)c(CN(C)C#N)cc1OC. The highest BCUT2D eigenvalue weighted by Gasteiger charge is 2.09. The molecule has 0 fully saturated rings. The van der Waals surface area contributed by atoms with Gasteiger partial charge in [0, 0.05) is 7.05 Å². The average molecular weight is 220 g/mol. The van der Waals surface area contributed by atoms with Gasteiger partial charge in [0.2, 0.25) is 0 Å². The summed E-state index contributed by atoms with van der Waals surface area (Å²) in [6.45, 7) is 2.56. The van der Waals surface area contributed by atoms with Crippen molar-refractivity contribution in [1.29, 1.82) is 5.26 Å². The van der Waals surface area contributed by atoms with Crippen molar-refractivity contribution in [2.75, 3.05) is 21.3 Å². The van der Waals surface area contributed by atoms with Crippen LogP contribution in [-0.4, -0.2) is 26.2 Å². The fraction of sp³-hybridized carbons (Fsp3) is 0.417. The van der Waals surface area contributed by atoms with Crippen LogP contribution < -0.4 is 9.47 Å². The molecular weight excluding hydrogens is 204 g/mol. The standard InChI is InChI=1S/C12H16N2O2/c1-9-5-11(15-3)12(16-4)6-10(9)7-14(2)8-13/h5-6H,7H2,1-4H3. The molecule has 0 radical (unpaired) electrons. The third-order valence-corrected chi connectivity index (χ3v) is 2.42. The first-order valence-corrected chi connectivity index (χ1v) is 4.94. The Morgan fingerprint density at radius 3 is 2.31 bits per heavy atom. The number of hydrogen-bond acceptors (Lipinski definition) is 4. The maximum atomic E-state index is 8.73. The Hall–Kier alpha value is -1.89. The third-order valence-electron chi connectivity index (χ3n) is 2.42. The van der Waals surface area contributed by atoms with Crippen LogP contribution in [0.25, 0.3) is 0 Å². The molecule has 4 nitrogen and oxygen atoms in total. The van der Waals surface area contributed by atoms with E-state index in [0.29, 0.717) is 18.0 Å². The molecule has 1 aromatic rings. The van der Waals surface area contributed by atoms with Crippen molar-refractivity contribution >= 4 is 0 Å². The molecule has 0 unspecified atom stereocenters. The van der Waals surface area contributed by atoms with E-state index in [4.69, 9.17) is 14.7 Å². The van der Waals surface area contributed by atoms with Gasteiger partial charge in [0.25, 0.3) is 0 Å². The van der Waals surface area contributed by atoms with Crippen LogP contribution >= 0.6 is 0 Å². The van der Waals surface area contributed by atoms with E-state index in [0.717, 1.165) is 11.1 Å². The molecule has 16 heavy (non-hydrogen) atoms. The number of rotatable bonds is 4. The zero-order valence-corrected chi connectivity index (χ0v) is 10.1. The van der Waals surface area contributed by atoms with Crippen LogP contribution in [0.2, 0.25) is 0 Å². The van der Waals surface area contributed by atoms with Crippen LogP contribution in [0.4, 0.5) is 0 Å². The number of hydrogen-bond donors (Lipinski definition) is 0. The van der Waals surface area contributed by atoms with Gasteiger partial charge >= 0.3 is 0 Å². The minimum Gasteiger partial charge on any atom is -0.493 e. The van der Waals surface area contributed by atoms with Gasteiger partial charge in [-0.2, -0.15) is 5.26 Å². The van der Waals surface area contributed by atoms with Gasteiger partial charge in [-0.05, 0) is 30.2 Å². The fourth-order valence-corrected chi connectivity index (χ4v) is 1.48. The maximum absolute atomic E-state index is 8.73. The Labute approximate surface area is 96.0 Å². The average Bonchev–Trinajstić information content (AvgIpc) is 2.30. The van der Waals surface area contributed by atoms with Crippen LogP contribution in [0, 0.1) is 18.4 Å². The van der Waals surface area contributed by atoms with Crippen LogP contribution in [0.15, 0.2) is 12.1 Å². The summed E-state index contributed by atoms with van der Waals surface area (Å²) in [5.41, 5.74) is 2.14. The first kappa shape index (κ1) is 12.2. The molecule has 0 heterocycles. The van der Waals surface area contributed by atoms with E-state index in [1.54, 1.807) is 26.2 Å². The predicted molar refractivity (Wildman–Crippen MR) is 61.4 cm³/mol. The first-order valence-electron chi connectivity index (χ1n) is 4.94. The summed E-state index contributed by atoms with van der Waals surface area (Å²) in [5, 5.41) is 8.73. The van der Waals surface area contributed by atoms with Gasteiger partial charge in [-0.3, -0.25) is 0 Å². The van der Waals surface area contributed by atoms with Gasteiger partial charge < -0.3 is 14.4 Å². The molecule has 1 aromatic carbocycles. The van der Waals surface area contributed by atoms with Crippen molar-refractivity contribution in [2.45, 2.75) is 13.5 Å². The Morgan fingerprint density at radius 1 is 1.25 bits per heavy atom. The highest BCUT2D eigenvalue weighted by atomic mass is 16.5. The van der Waals surface area contributed by atoms with Crippen LogP contribution in [0.3, 0.4) is 0 Å². The summed E-state index contributed by atoms with van der Waals surface area (Å²) in [6.07, 6.45) is 2.07. The highest BCUT2D eigenvalue weighted by molar-refractivity contribution is 5.47. The topological polar surface area (TPSA) is 45.5 Å². The molecule has 0 saturated heterocycles. The Balaban J connectivity index is 3.07. The molecule has 0 bridgehead atoms. The molecule has 0 aliphatic carbocycles. The second-order valence-electron chi connectivity index (χ2n) is 3.59. The first-order chi connectivity index (χ1) is 7.62. The summed E-state index contributed by atoms with van der Waals surface area (Å²) in [4.78, 5) is 1.56. The predicted octanol–water partition coefficient (Wildman–Crippen LogP) is 1.93. The highest BCUT2D eigenvalue weighted by Crippen LogP contribution is 2.30. The van der Waals surface area contributed by atoms with Crippen molar-refractivity contribution < 1.29 is 9.47 Å². The number of methoxy groups -OCH3 is 2. The molecule has 0 saturated carbocycles. The normalized spacial score (nSPS) is 9.44. The van der Waals surface area contributed by atoms with Crippen LogP contribution in [0.5, 0.6) is 11.5 Å². The summed E-state index contributed by atoms with van der Waals surface area (Å²) < 4.78 is 10.4. The van der Waals surface area contributed by atoms with Gasteiger partial charge in [0.15, 0.2) is 17.7 Å². The Morgan fingerprint density at radius 2 is 1.81 bits per heavy atom. The maximum Gasteiger partial charge on any atom is 0.179 e. The van der Waals surface area contributed by atoms with E-state index >= 15 is 0 Å². The van der Waals surface area contributed by atoms with Crippen molar-refractivity contribution in [2.24, 2.45) is 0 Å². The molecule has 0 aliphatic rings. The molecule has 0 aliphatic heterocycles. The number of aryl methyl sites for hydroxylation is 1. The zero-order chi connectivity index (χ0) is 12.1. The van der Waals surface area contributed by atoms with E-state index in [1.165, 1.54) is 0 Å². The van der Waals surface area contributed by atoms with Crippen molar-refractivity contribution in [3.05, 3.63) is 23.3 Å². The molecule has 0 aromatic heterocycles. The number of nitriles is 1. The lowest BCUT2D eigenvalue weighted by Gasteiger charge is -2.15. The van der Waals surface area contributed by atoms with Gasteiger partial charge in [0.05, 0.1) is 20.8 Å². The van der Waals surface area contributed by atoms with E-state index in [9.17, 15) is 0 Å². The largest absolute Gasteiger partial charge is 0.493 e. The molecule has 0 spiro atoms. The summed E-state index contributed by atoms with van der Waals surface area (Å²) in [7, 11) is 4.96. The molecule has 0 atom stereocenters. The van der Waals surface area contributed by atoms with E-state index < -0.39 is 0 Å². The summed E-state index contributed by atoms with van der Waals surface area (Å²) in [6, 6.07) is 3.82. The second kappa shape index (κ2) is 5.26. The van der Waals surface area contributed by atoms with Crippen molar-refractivity contribution in [3.63, 3.8) is 0 Å². The second-order valence-corrected chi connectivity index (χ2v) is 3.59. The van der Waals surface area contributed by atoms with Gasteiger partial charge in [0.1, 0.15) is 0 Å². The molecule has 0 amide bonds. The molecule has 86 valence electrons. The Kier molecular flexibility index (Phi) is 4.01. The lowest BCUT2D eigenvalue weighted by atomic mass is 10.1. The van der Waals surface area contributed by atoms with E-state index in [-0.39, 0.29) is 0 Å². The smallest absolute Gasteiger partial charge is 0.179 e. The number of ether oxygens (including phenoxy) is 2. The monoisotopic (exact) mass is 220 g/mol. The Bertz CT molecular complexity index is 410. The number of nitrogens with zero attached hydrogens (tertiary/aromatic N) is 2. The minimum absolute atomic E-state index is 0.572. The third kappa shape index (κ3) is 2.57. The fourth-order valence-electron chi connectivity index (χ4n) is 1.48. The van der Waals surface area contributed by atoms with Crippen LogP contribution in [-0.2, 0) is 6.54 Å². The molecule has 1 rings (SSSR count). The lowest BCUT2D eigenvalue weighted by Crippen LogP contribution is -2.11. The van der Waals surface area contributed by atoms with Gasteiger partial charge in [-0.15, -0.1) is 0 Å². The molecule has 0 N–H and O–H groups in total. The van der Waals surface area contributed by atoms with Gasteiger partial charge in [-0.1, -0.05) is 0 Å². The lowest BCUT2D eigenvalue weighted by molar-refractivity contribution is 0.353. The van der Waals surface area contributed by atoms with E-state index in [2.05, 4.69) is 6.19 Å². The van der Waals surface area contributed by atoms with Crippen LogP contribution in [0.1, 0.15) is 11.1 Å². The zero-order valence-electron chi connectivity index (χ0n) is 10.1. The van der Waals surface area contributed by atoms with Gasteiger partial charge in [-0.25, -0.2) is 0 Å². The molecular formula is C12H16N2O2.